The number of hydrogen-bond donors (Lipinski definition) is 2. The third-order valence-corrected chi connectivity index (χ3v) is 3.57. The Bertz CT molecular complexity index is 233. The Morgan fingerprint density at radius 1 is 1.23 bits per heavy atom. The van der Waals surface area contributed by atoms with Gasteiger partial charge in [-0.1, -0.05) is 26.2 Å². The summed E-state index contributed by atoms with van der Waals surface area (Å²) in [5, 5.41) is 0. The molecule has 0 aromatic carbocycles. The van der Waals surface area contributed by atoms with Gasteiger partial charge < -0.3 is 0 Å². The summed E-state index contributed by atoms with van der Waals surface area (Å²) in [6.07, 6.45) is 5.47. The van der Waals surface area contributed by atoms with Gasteiger partial charge in [0, 0.05) is 12.6 Å². The van der Waals surface area contributed by atoms with Gasteiger partial charge in [0.25, 0.3) is 10.2 Å². The summed E-state index contributed by atoms with van der Waals surface area (Å²) in [6, 6.07) is 0.151. The Morgan fingerprint density at radius 3 is 2.38 bits per heavy atom. The molecule has 13 heavy (non-hydrogen) atoms. The molecule has 0 heterocycles. The Balaban J connectivity index is 2.37. The quantitative estimate of drug-likeness (QED) is 0.713. The minimum Gasteiger partial charge on any atom is -0.203 e. The van der Waals surface area contributed by atoms with Gasteiger partial charge >= 0.3 is 0 Å². The zero-order valence-corrected chi connectivity index (χ0v) is 8.86. The van der Waals surface area contributed by atoms with Gasteiger partial charge in [0.15, 0.2) is 0 Å². The van der Waals surface area contributed by atoms with E-state index in [2.05, 4.69) is 9.44 Å². The van der Waals surface area contributed by atoms with Crippen molar-refractivity contribution < 1.29 is 8.42 Å². The summed E-state index contributed by atoms with van der Waals surface area (Å²) in [5.41, 5.74) is 0. The lowest BCUT2D eigenvalue weighted by molar-refractivity contribution is 0.410. The summed E-state index contributed by atoms with van der Waals surface area (Å²) in [7, 11) is -3.23. The second kappa shape index (κ2) is 4.93. The highest BCUT2D eigenvalue weighted by molar-refractivity contribution is 7.87. The first-order chi connectivity index (χ1) is 6.14. The molecule has 5 heteroatoms. The maximum atomic E-state index is 11.3. The van der Waals surface area contributed by atoms with Crippen molar-refractivity contribution in [2.75, 3.05) is 6.54 Å². The van der Waals surface area contributed by atoms with Crippen LogP contribution in [0.25, 0.3) is 0 Å². The van der Waals surface area contributed by atoms with Crippen LogP contribution in [0.2, 0.25) is 0 Å². The highest BCUT2D eigenvalue weighted by Crippen LogP contribution is 2.17. The highest BCUT2D eigenvalue weighted by Gasteiger charge is 2.18. The molecule has 1 saturated carbocycles. The van der Waals surface area contributed by atoms with E-state index in [0.717, 1.165) is 25.7 Å². The van der Waals surface area contributed by atoms with Crippen LogP contribution in [-0.2, 0) is 10.2 Å². The molecular formula is C8H18N2O2S. The van der Waals surface area contributed by atoms with Crippen molar-refractivity contribution in [3.05, 3.63) is 0 Å². The van der Waals surface area contributed by atoms with Gasteiger partial charge in [0.2, 0.25) is 0 Å². The van der Waals surface area contributed by atoms with Crippen LogP contribution in [0.1, 0.15) is 39.0 Å². The fourth-order valence-corrected chi connectivity index (χ4v) is 2.81. The SMILES string of the molecule is CCNS(=O)(=O)NC1CCCCC1. The van der Waals surface area contributed by atoms with Gasteiger partial charge in [0.05, 0.1) is 0 Å². The van der Waals surface area contributed by atoms with Crippen molar-refractivity contribution in [3.8, 4) is 0 Å². The zero-order chi connectivity index (χ0) is 9.73. The minimum atomic E-state index is -3.23. The smallest absolute Gasteiger partial charge is 0.203 e. The molecule has 0 unspecified atom stereocenters. The molecule has 1 aliphatic carbocycles. The topological polar surface area (TPSA) is 58.2 Å². The third kappa shape index (κ3) is 4.06. The Morgan fingerprint density at radius 2 is 1.85 bits per heavy atom. The molecule has 1 rings (SSSR count). The number of rotatable bonds is 4. The molecule has 1 aliphatic rings. The lowest BCUT2D eigenvalue weighted by Gasteiger charge is -2.22. The predicted octanol–water partition coefficient (Wildman–Crippen LogP) is 0.763. The van der Waals surface area contributed by atoms with Crippen molar-refractivity contribution >= 4 is 10.2 Å². The summed E-state index contributed by atoms with van der Waals surface area (Å²) in [5.74, 6) is 0. The Kier molecular flexibility index (Phi) is 4.15. The van der Waals surface area contributed by atoms with E-state index in [-0.39, 0.29) is 6.04 Å². The van der Waals surface area contributed by atoms with Crippen molar-refractivity contribution in [3.63, 3.8) is 0 Å². The van der Waals surface area contributed by atoms with Crippen LogP contribution in [0.15, 0.2) is 0 Å². The average molecular weight is 206 g/mol. The third-order valence-electron chi connectivity index (χ3n) is 2.26. The van der Waals surface area contributed by atoms with E-state index in [9.17, 15) is 8.42 Å². The van der Waals surface area contributed by atoms with E-state index in [0.29, 0.717) is 6.54 Å². The molecule has 0 aromatic rings. The minimum absolute atomic E-state index is 0.151. The molecule has 2 N–H and O–H groups in total. The lowest BCUT2D eigenvalue weighted by atomic mass is 9.96. The normalized spacial score (nSPS) is 20.4. The molecule has 0 radical (unpaired) electrons. The Hall–Kier alpha value is -0.130. The van der Waals surface area contributed by atoms with E-state index < -0.39 is 10.2 Å². The van der Waals surface area contributed by atoms with Crippen molar-refractivity contribution in [1.29, 1.82) is 0 Å². The first kappa shape index (κ1) is 10.9. The summed E-state index contributed by atoms with van der Waals surface area (Å²) >= 11 is 0. The van der Waals surface area contributed by atoms with Crippen molar-refractivity contribution in [2.24, 2.45) is 0 Å². The van der Waals surface area contributed by atoms with Crippen molar-refractivity contribution in [2.45, 2.75) is 45.1 Å². The largest absolute Gasteiger partial charge is 0.277 e. The summed E-state index contributed by atoms with van der Waals surface area (Å²) < 4.78 is 27.6. The predicted molar refractivity (Wildman–Crippen MR) is 52.6 cm³/mol. The standard InChI is InChI=1S/C8H18N2O2S/c1-2-9-13(11,12)10-8-6-4-3-5-7-8/h8-10H,2-7H2,1H3. The lowest BCUT2D eigenvalue weighted by Crippen LogP contribution is -2.43. The first-order valence-electron chi connectivity index (χ1n) is 4.91. The van der Waals surface area contributed by atoms with Crippen LogP contribution in [0.3, 0.4) is 0 Å². The maximum absolute atomic E-state index is 11.3. The van der Waals surface area contributed by atoms with E-state index in [1.54, 1.807) is 6.92 Å². The summed E-state index contributed by atoms with van der Waals surface area (Å²) in [4.78, 5) is 0. The van der Waals surface area contributed by atoms with Crippen LogP contribution in [-0.4, -0.2) is 21.0 Å². The van der Waals surface area contributed by atoms with Gasteiger partial charge in [-0.2, -0.15) is 13.1 Å². The molecule has 0 aliphatic heterocycles. The van der Waals surface area contributed by atoms with Gasteiger partial charge in [-0.25, -0.2) is 4.72 Å². The molecule has 0 bridgehead atoms. The van der Waals surface area contributed by atoms with E-state index >= 15 is 0 Å². The van der Waals surface area contributed by atoms with Gasteiger partial charge in [-0.3, -0.25) is 0 Å². The highest BCUT2D eigenvalue weighted by atomic mass is 32.2. The zero-order valence-electron chi connectivity index (χ0n) is 8.04. The Labute approximate surface area is 80.3 Å². The van der Waals surface area contributed by atoms with Crippen LogP contribution in [0.4, 0.5) is 0 Å². The first-order valence-corrected chi connectivity index (χ1v) is 6.39. The molecule has 0 atom stereocenters. The van der Waals surface area contributed by atoms with E-state index in [4.69, 9.17) is 0 Å². The molecular weight excluding hydrogens is 188 g/mol. The molecule has 0 spiro atoms. The molecule has 0 amide bonds. The van der Waals surface area contributed by atoms with Crippen LogP contribution >= 0.6 is 0 Å². The van der Waals surface area contributed by atoms with Crippen LogP contribution < -0.4 is 9.44 Å². The van der Waals surface area contributed by atoms with Gasteiger partial charge in [-0.15, -0.1) is 0 Å². The number of hydrogen-bond acceptors (Lipinski definition) is 2. The molecule has 1 fully saturated rings. The van der Waals surface area contributed by atoms with Gasteiger partial charge in [-0.05, 0) is 12.8 Å². The summed E-state index contributed by atoms with van der Waals surface area (Å²) in [6.45, 7) is 2.22. The van der Waals surface area contributed by atoms with Crippen molar-refractivity contribution in [1.82, 2.24) is 9.44 Å². The van der Waals surface area contributed by atoms with E-state index in [1.807, 2.05) is 0 Å². The second-order valence-corrected chi connectivity index (χ2v) is 4.99. The van der Waals surface area contributed by atoms with Gasteiger partial charge in [0.1, 0.15) is 0 Å². The van der Waals surface area contributed by atoms with Crippen LogP contribution in [0, 0.1) is 0 Å². The maximum Gasteiger partial charge on any atom is 0.277 e. The molecule has 78 valence electrons. The molecule has 0 aromatic heterocycles. The van der Waals surface area contributed by atoms with E-state index in [1.165, 1.54) is 6.42 Å². The monoisotopic (exact) mass is 206 g/mol. The van der Waals surface area contributed by atoms with Crippen LogP contribution in [0.5, 0.6) is 0 Å². The average Bonchev–Trinajstić information content (AvgIpc) is 2.04. The molecule has 0 saturated heterocycles. The fourth-order valence-electron chi connectivity index (χ4n) is 1.67. The second-order valence-electron chi connectivity index (χ2n) is 3.45. The fraction of sp³-hybridized carbons (Fsp3) is 1.00. The molecule has 4 nitrogen and oxygen atoms in total. The number of nitrogens with one attached hydrogen (secondary N) is 2.